The zero-order valence-corrected chi connectivity index (χ0v) is 9.47. The van der Waals surface area contributed by atoms with Crippen LogP contribution in [0.2, 0.25) is 0 Å². The van der Waals surface area contributed by atoms with E-state index in [0.29, 0.717) is 0 Å². The van der Waals surface area contributed by atoms with Crippen molar-refractivity contribution < 1.29 is 4.79 Å². The van der Waals surface area contributed by atoms with Crippen LogP contribution in [0, 0.1) is 5.41 Å². The molecule has 0 N–H and O–H groups in total. The summed E-state index contributed by atoms with van der Waals surface area (Å²) in [5.74, 6) is 0. The van der Waals surface area contributed by atoms with Gasteiger partial charge in [0.25, 0.3) is 0 Å². The molecule has 0 unspecified atom stereocenters. The van der Waals surface area contributed by atoms with Gasteiger partial charge in [0.05, 0.1) is 0 Å². The van der Waals surface area contributed by atoms with Crippen molar-refractivity contribution in [3.05, 3.63) is 0 Å². The summed E-state index contributed by atoms with van der Waals surface area (Å²) in [5.41, 5.74) is -0.0660. The fraction of sp³-hybridized carbons (Fsp3) is 0.909. The molecular weight excluding hydrogens is 162 g/mol. The largest absolute Gasteiger partial charge is 0.307 e. The molecule has 2 heteroatoms. The Bertz CT molecular complexity index is 141. The molecule has 0 atom stereocenters. The number of carbonyl (C=O) groups is 1. The Morgan fingerprint density at radius 1 is 1.23 bits per heavy atom. The molecule has 78 valence electrons. The second-order valence-electron chi connectivity index (χ2n) is 3.83. The predicted molar refractivity (Wildman–Crippen MR) is 56.9 cm³/mol. The minimum Gasteiger partial charge on any atom is -0.307 e. The van der Waals surface area contributed by atoms with Gasteiger partial charge in [-0.1, -0.05) is 20.8 Å². The highest BCUT2D eigenvalue weighted by molar-refractivity contribution is 5.59. The zero-order chi connectivity index (χ0) is 10.3. The van der Waals surface area contributed by atoms with Crippen LogP contribution >= 0.6 is 0 Å². The normalized spacial score (nSPS) is 12.1. The summed E-state index contributed by atoms with van der Waals surface area (Å²) in [6.45, 7) is 8.42. The lowest BCUT2D eigenvalue weighted by Gasteiger charge is -2.27. The van der Waals surface area contributed by atoms with Crippen molar-refractivity contribution in [2.75, 3.05) is 20.1 Å². The number of hydrogen-bond donors (Lipinski definition) is 0. The van der Waals surface area contributed by atoms with Gasteiger partial charge in [-0.25, -0.2) is 0 Å². The second kappa shape index (κ2) is 6.14. The van der Waals surface area contributed by atoms with E-state index in [1.807, 2.05) is 0 Å². The minimum absolute atomic E-state index is 0.0660. The van der Waals surface area contributed by atoms with Crippen molar-refractivity contribution in [3.8, 4) is 0 Å². The highest BCUT2D eigenvalue weighted by atomic mass is 16.1. The topological polar surface area (TPSA) is 20.3 Å². The van der Waals surface area contributed by atoms with Crippen LogP contribution in [0.15, 0.2) is 0 Å². The molecule has 0 aliphatic rings. The van der Waals surface area contributed by atoms with Crippen LogP contribution in [0.4, 0.5) is 0 Å². The number of hydrogen-bond acceptors (Lipinski definition) is 2. The highest BCUT2D eigenvalue weighted by Gasteiger charge is 2.24. The lowest BCUT2D eigenvalue weighted by molar-refractivity contribution is -0.117. The van der Waals surface area contributed by atoms with E-state index in [1.54, 1.807) is 0 Å². The van der Waals surface area contributed by atoms with Gasteiger partial charge in [-0.3, -0.25) is 0 Å². The summed E-state index contributed by atoms with van der Waals surface area (Å²) >= 11 is 0. The van der Waals surface area contributed by atoms with Crippen LogP contribution in [0.3, 0.4) is 0 Å². The maximum atomic E-state index is 11.0. The summed E-state index contributed by atoms with van der Waals surface area (Å²) in [7, 11) is 2.10. The maximum Gasteiger partial charge on any atom is 0.126 e. The number of nitrogens with zero attached hydrogens (tertiary/aromatic N) is 1. The molecule has 0 fully saturated rings. The number of aldehydes is 1. The van der Waals surface area contributed by atoms with Gasteiger partial charge in [-0.05, 0) is 39.4 Å². The molecule has 0 aromatic rings. The van der Waals surface area contributed by atoms with E-state index in [9.17, 15) is 4.79 Å². The number of rotatable bonds is 7. The van der Waals surface area contributed by atoms with Gasteiger partial charge in [0.15, 0.2) is 0 Å². The monoisotopic (exact) mass is 185 g/mol. The third-order valence-corrected chi connectivity index (χ3v) is 3.19. The van der Waals surface area contributed by atoms with E-state index in [0.717, 1.165) is 38.6 Å². The van der Waals surface area contributed by atoms with Crippen molar-refractivity contribution in [2.45, 2.75) is 40.0 Å². The average Bonchev–Trinajstić information content (AvgIpc) is 2.20. The van der Waals surface area contributed by atoms with E-state index in [2.05, 4.69) is 32.7 Å². The quantitative estimate of drug-likeness (QED) is 0.567. The van der Waals surface area contributed by atoms with E-state index in [4.69, 9.17) is 0 Å². The van der Waals surface area contributed by atoms with Crippen LogP contribution in [0.1, 0.15) is 40.0 Å². The average molecular weight is 185 g/mol. The van der Waals surface area contributed by atoms with Gasteiger partial charge in [0, 0.05) is 5.41 Å². The molecule has 0 amide bonds. The molecule has 0 aromatic heterocycles. The highest BCUT2D eigenvalue weighted by Crippen LogP contribution is 2.27. The van der Waals surface area contributed by atoms with E-state index in [1.165, 1.54) is 0 Å². The first kappa shape index (κ1) is 12.6. The molecule has 2 nitrogen and oxygen atoms in total. The number of carbonyl (C=O) groups excluding carboxylic acids is 1. The van der Waals surface area contributed by atoms with Crippen LogP contribution in [-0.4, -0.2) is 31.3 Å². The smallest absolute Gasteiger partial charge is 0.126 e. The standard InChI is InChI=1S/C11H23NO/c1-5-11(6-2,10-13)8-9-12(4)7-3/h10H,5-9H2,1-4H3. The summed E-state index contributed by atoms with van der Waals surface area (Å²) in [5, 5.41) is 0. The maximum absolute atomic E-state index is 11.0. The molecule has 13 heavy (non-hydrogen) atoms. The third-order valence-electron chi connectivity index (χ3n) is 3.19. The van der Waals surface area contributed by atoms with E-state index >= 15 is 0 Å². The lowest BCUT2D eigenvalue weighted by Crippen LogP contribution is -2.28. The Balaban J connectivity index is 4.02. The van der Waals surface area contributed by atoms with Gasteiger partial charge in [-0.2, -0.15) is 0 Å². The predicted octanol–water partition coefficient (Wildman–Crippen LogP) is 2.33. The molecule has 0 rings (SSSR count). The fourth-order valence-electron chi connectivity index (χ4n) is 1.40. The molecule has 0 radical (unpaired) electrons. The van der Waals surface area contributed by atoms with E-state index in [-0.39, 0.29) is 5.41 Å². The molecule has 0 aromatic carbocycles. The first-order valence-corrected chi connectivity index (χ1v) is 5.29. The van der Waals surface area contributed by atoms with Crippen LogP contribution < -0.4 is 0 Å². The summed E-state index contributed by atoms with van der Waals surface area (Å²) in [6, 6.07) is 0. The third kappa shape index (κ3) is 3.90. The molecule has 0 saturated carbocycles. The fourth-order valence-corrected chi connectivity index (χ4v) is 1.40. The summed E-state index contributed by atoms with van der Waals surface area (Å²) in [6.07, 6.45) is 4.07. The second-order valence-corrected chi connectivity index (χ2v) is 3.83. The SMILES string of the molecule is CCN(C)CCC(C=O)(CC)CC. The first-order chi connectivity index (χ1) is 6.14. The van der Waals surface area contributed by atoms with Gasteiger partial charge in [0.2, 0.25) is 0 Å². The van der Waals surface area contributed by atoms with Gasteiger partial charge in [-0.15, -0.1) is 0 Å². The zero-order valence-electron chi connectivity index (χ0n) is 9.47. The van der Waals surface area contributed by atoms with Crippen molar-refractivity contribution in [3.63, 3.8) is 0 Å². The molecule has 0 saturated heterocycles. The summed E-state index contributed by atoms with van der Waals surface area (Å²) in [4.78, 5) is 13.2. The molecular formula is C11H23NO. The Morgan fingerprint density at radius 3 is 2.08 bits per heavy atom. The molecule has 0 aliphatic carbocycles. The van der Waals surface area contributed by atoms with Crippen molar-refractivity contribution in [1.29, 1.82) is 0 Å². The molecule has 0 aliphatic heterocycles. The van der Waals surface area contributed by atoms with Gasteiger partial charge < -0.3 is 9.69 Å². The molecule has 0 heterocycles. The first-order valence-electron chi connectivity index (χ1n) is 5.29. The van der Waals surface area contributed by atoms with Crippen molar-refractivity contribution in [1.82, 2.24) is 4.90 Å². The Kier molecular flexibility index (Phi) is 5.97. The van der Waals surface area contributed by atoms with Crippen LogP contribution in [0.25, 0.3) is 0 Å². The minimum atomic E-state index is -0.0660. The van der Waals surface area contributed by atoms with Gasteiger partial charge >= 0.3 is 0 Å². The Morgan fingerprint density at radius 2 is 1.77 bits per heavy atom. The van der Waals surface area contributed by atoms with Crippen LogP contribution in [0.5, 0.6) is 0 Å². The summed E-state index contributed by atoms with van der Waals surface area (Å²) < 4.78 is 0. The Labute approximate surface area is 82.3 Å². The molecule has 0 bridgehead atoms. The van der Waals surface area contributed by atoms with E-state index < -0.39 is 0 Å². The van der Waals surface area contributed by atoms with Crippen molar-refractivity contribution >= 4 is 6.29 Å². The van der Waals surface area contributed by atoms with Gasteiger partial charge in [0.1, 0.15) is 6.29 Å². The lowest BCUT2D eigenvalue weighted by atomic mass is 9.81. The molecule has 0 spiro atoms. The van der Waals surface area contributed by atoms with Crippen LogP contribution in [-0.2, 0) is 4.79 Å². The Hall–Kier alpha value is -0.370. The van der Waals surface area contributed by atoms with Crippen molar-refractivity contribution in [2.24, 2.45) is 5.41 Å².